The van der Waals surface area contributed by atoms with Crippen molar-refractivity contribution in [2.45, 2.75) is 57.4 Å². The van der Waals surface area contributed by atoms with Crippen LogP contribution in [0.1, 0.15) is 26.3 Å². The normalized spacial score (nSPS) is 24.3. The minimum absolute atomic E-state index is 0.0135. The maximum Gasteiger partial charge on any atom is 0.229 e. The van der Waals surface area contributed by atoms with Crippen molar-refractivity contribution in [3.8, 4) is 22.6 Å². The second-order valence-corrected chi connectivity index (χ2v) is 8.53. The Balaban J connectivity index is 1.96. The molecule has 4 atom stereocenters. The summed E-state index contributed by atoms with van der Waals surface area (Å²) in [5.41, 5.74) is 0.416. The summed E-state index contributed by atoms with van der Waals surface area (Å²) in [6, 6.07) is 8.92. The van der Waals surface area contributed by atoms with Gasteiger partial charge in [0, 0.05) is 26.1 Å². The van der Waals surface area contributed by atoms with Gasteiger partial charge < -0.3 is 34.8 Å². The second kappa shape index (κ2) is 10.0. The largest absolute Gasteiger partial charge is 0.504 e. The molecule has 1 aliphatic heterocycles. The molecule has 4 N–H and O–H groups in total. The molecule has 0 aliphatic carbocycles. The molecule has 0 aromatic heterocycles. The minimum Gasteiger partial charge on any atom is -0.504 e. The van der Waals surface area contributed by atoms with E-state index in [-0.39, 0.29) is 17.4 Å². The molecule has 1 amide bonds. The number of aliphatic hydroxyl groups excluding tert-OH is 2. The van der Waals surface area contributed by atoms with Gasteiger partial charge in [0.15, 0.2) is 11.5 Å². The van der Waals surface area contributed by atoms with Crippen LogP contribution < -0.4 is 10.1 Å². The molecule has 1 aliphatic rings. The predicted molar refractivity (Wildman–Crippen MR) is 118 cm³/mol. The van der Waals surface area contributed by atoms with Gasteiger partial charge in [0.05, 0.1) is 5.60 Å². The van der Waals surface area contributed by atoms with E-state index in [0.717, 1.165) is 0 Å². The SMILES string of the molecule is CO[C@@H]1[C@@H](O)[C@@H](O)[C@H](Oc2ccc(CCNC(C)=O)c(-c3cccc(F)c3)c2O)OC1(C)C. The Labute approximate surface area is 191 Å². The van der Waals surface area contributed by atoms with Gasteiger partial charge in [-0.3, -0.25) is 4.79 Å². The lowest BCUT2D eigenvalue weighted by atomic mass is 9.89. The van der Waals surface area contributed by atoms with E-state index in [2.05, 4.69) is 5.32 Å². The van der Waals surface area contributed by atoms with Crippen LogP contribution in [0.2, 0.25) is 0 Å². The van der Waals surface area contributed by atoms with Crippen LogP contribution >= 0.6 is 0 Å². The van der Waals surface area contributed by atoms with Crippen molar-refractivity contribution in [2.75, 3.05) is 13.7 Å². The highest BCUT2D eigenvalue weighted by molar-refractivity contribution is 5.77. The lowest BCUT2D eigenvalue weighted by molar-refractivity contribution is -0.306. The average molecular weight is 464 g/mol. The monoisotopic (exact) mass is 463 g/mol. The summed E-state index contributed by atoms with van der Waals surface area (Å²) in [7, 11) is 1.41. The number of phenolic OH excluding ortho intramolecular Hbond substituents is 1. The fourth-order valence-electron chi connectivity index (χ4n) is 4.09. The molecule has 0 bridgehead atoms. The lowest BCUT2D eigenvalue weighted by Crippen LogP contribution is -2.63. The molecule has 1 saturated heterocycles. The van der Waals surface area contributed by atoms with E-state index in [9.17, 15) is 24.5 Å². The number of aliphatic hydroxyl groups is 2. The van der Waals surface area contributed by atoms with Crippen molar-refractivity contribution < 1.29 is 38.7 Å². The first-order valence-electron chi connectivity index (χ1n) is 10.6. The van der Waals surface area contributed by atoms with Gasteiger partial charge in [0.1, 0.15) is 24.1 Å². The quantitative estimate of drug-likeness (QED) is 0.497. The van der Waals surface area contributed by atoms with Gasteiger partial charge in [-0.05, 0) is 49.6 Å². The van der Waals surface area contributed by atoms with Crippen LogP contribution in [0.25, 0.3) is 11.1 Å². The molecular weight excluding hydrogens is 433 g/mol. The molecule has 1 heterocycles. The van der Waals surface area contributed by atoms with E-state index >= 15 is 0 Å². The molecule has 2 aromatic rings. The molecule has 180 valence electrons. The van der Waals surface area contributed by atoms with Crippen LogP contribution in [-0.2, 0) is 20.7 Å². The molecule has 0 unspecified atom stereocenters. The first-order valence-corrected chi connectivity index (χ1v) is 10.6. The Hall–Kier alpha value is -2.72. The molecule has 33 heavy (non-hydrogen) atoms. The molecule has 0 spiro atoms. The molecule has 8 nitrogen and oxygen atoms in total. The number of carbonyl (C=O) groups excluding carboxylic acids is 1. The topological polar surface area (TPSA) is 117 Å². The van der Waals surface area contributed by atoms with Crippen LogP contribution in [0.4, 0.5) is 4.39 Å². The Kier molecular flexibility index (Phi) is 7.58. The lowest BCUT2D eigenvalue weighted by Gasteiger charge is -2.46. The van der Waals surface area contributed by atoms with E-state index in [1.54, 1.807) is 26.0 Å². The van der Waals surface area contributed by atoms with Gasteiger partial charge in [-0.25, -0.2) is 4.39 Å². The number of ether oxygens (including phenoxy) is 3. The summed E-state index contributed by atoms with van der Waals surface area (Å²) in [6.07, 6.45) is -4.44. The zero-order valence-corrected chi connectivity index (χ0v) is 19.0. The molecule has 2 aromatic carbocycles. The van der Waals surface area contributed by atoms with Crippen molar-refractivity contribution in [2.24, 2.45) is 0 Å². The van der Waals surface area contributed by atoms with E-state index in [1.807, 2.05) is 0 Å². The number of hydrogen-bond acceptors (Lipinski definition) is 7. The van der Waals surface area contributed by atoms with Gasteiger partial charge in [-0.2, -0.15) is 0 Å². The fraction of sp³-hybridized carbons (Fsp3) is 0.458. The van der Waals surface area contributed by atoms with Gasteiger partial charge in [-0.1, -0.05) is 18.2 Å². The highest BCUT2D eigenvalue weighted by Crippen LogP contribution is 2.42. The standard InChI is InChI=1S/C24H30FNO7/c1-13(27)26-11-10-14-8-9-17(19(28)18(14)15-6-5-7-16(25)12-15)32-23-21(30)20(29)22(31-4)24(2,3)33-23/h5-9,12,20-23,28-30H,10-11H2,1-4H3,(H,26,27)/t20-,21+,22+,23+/m0/s1. The highest BCUT2D eigenvalue weighted by atomic mass is 19.1. The molecular formula is C24H30FNO7. The van der Waals surface area contributed by atoms with E-state index in [0.29, 0.717) is 29.7 Å². The van der Waals surface area contributed by atoms with Crippen LogP contribution in [-0.4, -0.2) is 65.1 Å². The fourth-order valence-corrected chi connectivity index (χ4v) is 4.09. The average Bonchev–Trinajstić information content (AvgIpc) is 2.73. The Morgan fingerprint density at radius 2 is 1.94 bits per heavy atom. The van der Waals surface area contributed by atoms with Crippen molar-refractivity contribution in [3.05, 3.63) is 47.8 Å². The second-order valence-electron chi connectivity index (χ2n) is 8.53. The highest BCUT2D eigenvalue weighted by Gasteiger charge is 2.50. The van der Waals surface area contributed by atoms with Crippen molar-refractivity contribution in [1.82, 2.24) is 5.32 Å². The third kappa shape index (κ3) is 5.44. The summed E-state index contributed by atoms with van der Waals surface area (Å²) >= 11 is 0. The molecule has 0 radical (unpaired) electrons. The Morgan fingerprint density at radius 1 is 1.21 bits per heavy atom. The number of benzene rings is 2. The summed E-state index contributed by atoms with van der Waals surface area (Å²) < 4.78 is 30.8. The number of aromatic hydroxyl groups is 1. The first kappa shape index (κ1) is 24.9. The Bertz CT molecular complexity index is 997. The maximum absolute atomic E-state index is 13.9. The van der Waals surface area contributed by atoms with Crippen molar-refractivity contribution in [3.63, 3.8) is 0 Å². The van der Waals surface area contributed by atoms with E-state index < -0.39 is 36.0 Å². The van der Waals surface area contributed by atoms with Crippen molar-refractivity contribution in [1.29, 1.82) is 0 Å². The molecule has 9 heteroatoms. The number of carbonyl (C=O) groups is 1. The van der Waals surface area contributed by atoms with Crippen LogP contribution in [0.5, 0.6) is 11.5 Å². The molecule has 1 fully saturated rings. The zero-order valence-electron chi connectivity index (χ0n) is 19.0. The van der Waals surface area contributed by atoms with Gasteiger partial charge in [-0.15, -0.1) is 0 Å². The van der Waals surface area contributed by atoms with E-state index in [4.69, 9.17) is 14.2 Å². The number of halogens is 1. The number of methoxy groups -OCH3 is 1. The number of nitrogens with one attached hydrogen (secondary N) is 1. The Morgan fingerprint density at radius 3 is 2.58 bits per heavy atom. The number of amides is 1. The van der Waals surface area contributed by atoms with Crippen LogP contribution in [0.3, 0.4) is 0 Å². The number of phenols is 1. The van der Waals surface area contributed by atoms with E-state index in [1.165, 1.54) is 38.3 Å². The number of hydrogen-bond donors (Lipinski definition) is 4. The predicted octanol–water partition coefficient (Wildman–Crippen LogP) is 2.13. The third-order valence-corrected chi connectivity index (χ3v) is 5.65. The van der Waals surface area contributed by atoms with Crippen molar-refractivity contribution >= 4 is 5.91 Å². The summed E-state index contributed by atoms with van der Waals surface area (Å²) in [6.45, 7) is 5.10. The first-order chi connectivity index (χ1) is 15.5. The van der Waals surface area contributed by atoms with Gasteiger partial charge in [0.25, 0.3) is 0 Å². The zero-order chi connectivity index (χ0) is 24.3. The van der Waals surface area contributed by atoms with Gasteiger partial charge >= 0.3 is 0 Å². The third-order valence-electron chi connectivity index (χ3n) is 5.65. The summed E-state index contributed by atoms with van der Waals surface area (Å²) in [4.78, 5) is 11.2. The maximum atomic E-state index is 13.9. The molecule has 0 saturated carbocycles. The van der Waals surface area contributed by atoms with Gasteiger partial charge in [0.2, 0.25) is 12.2 Å². The summed E-state index contributed by atoms with van der Waals surface area (Å²) in [5.74, 6) is -0.962. The minimum atomic E-state index is -1.44. The van der Waals surface area contributed by atoms with Crippen LogP contribution in [0, 0.1) is 5.82 Å². The molecule has 3 rings (SSSR count). The summed E-state index contributed by atoms with van der Waals surface area (Å²) in [5, 5.41) is 34.8. The number of rotatable bonds is 7. The van der Waals surface area contributed by atoms with Crippen LogP contribution in [0.15, 0.2) is 36.4 Å². The smallest absolute Gasteiger partial charge is 0.229 e.